The van der Waals surface area contributed by atoms with E-state index in [-0.39, 0.29) is 6.61 Å². The van der Waals surface area contributed by atoms with Gasteiger partial charge in [0.15, 0.2) is 0 Å². The Labute approximate surface area is 156 Å². The van der Waals surface area contributed by atoms with Gasteiger partial charge in [0, 0.05) is 57.0 Å². The molecule has 4 aliphatic heterocycles. The average Bonchev–Trinajstić information content (AvgIpc) is 3.00. The third-order valence-electron chi connectivity index (χ3n) is 6.26. The highest BCUT2D eigenvalue weighted by atomic mass is 16.5. The molecule has 5 nitrogen and oxygen atoms in total. The molecule has 4 saturated heterocycles. The van der Waals surface area contributed by atoms with Gasteiger partial charge in [-0.05, 0) is 37.7 Å². The molecule has 0 saturated carbocycles. The fraction of sp³-hybridized carbons (Fsp3) is 0.714. The van der Waals surface area contributed by atoms with Gasteiger partial charge in [-0.3, -0.25) is 9.80 Å². The highest BCUT2D eigenvalue weighted by Crippen LogP contribution is 2.32. The van der Waals surface area contributed by atoms with E-state index in [0.29, 0.717) is 18.7 Å². The Hall–Kier alpha value is -1.14. The Balaban J connectivity index is 1.44. The average molecular weight is 360 g/mol. The van der Waals surface area contributed by atoms with Gasteiger partial charge in [-0.2, -0.15) is 0 Å². The molecule has 1 aromatic carbocycles. The minimum absolute atomic E-state index is 0.0583. The van der Waals surface area contributed by atoms with E-state index < -0.39 is 0 Å². The molecule has 4 heterocycles. The van der Waals surface area contributed by atoms with Crippen molar-refractivity contribution in [2.75, 3.05) is 46.1 Å². The van der Waals surface area contributed by atoms with Crippen LogP contribution in [0.2, 0.25) is 0 Å². The summed E-state index contributed by atoms with van der Waals surface area (Å²) in [6.07, 6.45) is 5.06. The van der Waals surface area contributed by atoms with Crippen molar-refractivity contribution in [2.45, 2.75) is 44.3 Å². The third-order valence-corrected chi connectivity index (χ3v) is 6.26. The van der Waals surface area contributed by atoms with Crippen molar-refractivity contribution in [2.24, 2.45) is 5.92 Å². The lowest BCUT2D eigenvalue weighted by Gasteiger charge is -2.37. The molecule has 0 aliphatic carbocycles. The predicted molar refractivity (Wildman–Crippen MR) is 101 cm³/mol. The number of para-hydroxylation sites is 1. The number of piperidine rings is 1. The summed E-state index contributed by atoms with van der Waals surface area (Å²) in [7, 11) is 0. The zero-order valence-electron chi connectivity index (χ0n) is 15.7. The second-order valence-electron chi connectivity index (χ2n) is 8.00. The largest absolute Gasteiger partial charge is 0.491 e. The van der Waals surface area contributed by atoms with E-state index in [0.717, 1.165) is 31.4 Å². The van der Waals surface area contributed by atoms with Crippen LogP contribution in [0.5, 0.6) is 5.75 Å². The summed E-state index contributed by atoms with van der Waals surface area (Å²) >= 11 is 0. The molecule has 0 spiro atoms. The van der Waals surface area contributed by atoms with Crippen molar-refractivity contribution in [3.63, 3.8) is 0 Å². The van der Waals surface area contributed by atoms with Gasteiger partial charge in [0.05, 0.1) is 6.61 Å². The Morgan fingerprint density at radius 3 is 2.69 bits per heavy atom. The first kappa shape index (κ1) is 18.2. The molecule has 1 aromatic rings. The van der Waals surface area contributed by atoms with Crippen molar-refractivity contribution in [1.82, 2.24) is 9.80 Å². The Bertz CT molecular complexity index is 576. The van der Waals surface area contributed by atoms with Crippen molar-refractivity contribution in [1.29, 1.82) is 0 Å². The number of hydrogen-bond acceptors (Lipinski definition) is 5. The minimum Gasteiger partial charge on any atom is -0.491 e. The highest BCUT2D eigenvalue weighted by Gasteiger charge is 2.37. The van der Waals surface area contributed by atoms with Crippen LogP contribution in [0.4, 0.5) is 0 Å². The predicted octanol–water partition coefficient (Wildman–Crippen LogP) is 2.13. The van der Waals surface area contributed by atoms with Crippen LogP contribution in [0.3, 0.4) is 0 Å². The first-order valence-electron chi connectivity index (χ1n) is 10.2. The molecule has 5 heteroatoms. The summed E-state index contributed by atoms with van der Waals surface area (Å²) in [5, 5.41) is 9.07. The Kier molecular flexibility index (Phi) is 6.10. The van der Waals surface area contributed by atoms with Gasteiger partial charge in [-0.25, -0.2) is 0 Å². The number of benzene rings is 1. The standard InChI is InChI=1S/C21H32N2O3/c24-9-12-26-21-4-2-1-3-18(21)15-22-13-17-5-6-20(22)16-23(14-17)19-7-10-25-11-8-19/h1-4,17,19-20,24H,5-16H2/t17-,20-/m1/s1. The second kappa shape index (κ2) is 8.70. The lowest BCUT2D eigenvalue weighted by atomic mass is 9.94. The van der Waals surface area contributed by atoms with Gasteiger partial charge in [0.1, 0.15) is 12.4 Å². The number of nitrogens with zero attached hydrogens (tertiary/aromatic N) is 2. The monoisotopic (exact) mass is 360 g/mol. The Morgan fingerprint density at radius 2 is 1.85 bits per heavy atom. The first-order chi connectivity index (χ1) is 12.8. The maximum absolute atomic E-state index is 9.07. The molecule has 5 rings (SSSR count). The van der Waals surface area contributed by atoms with Crippen LogP contribution >= 0.6 is 0 Å². The van der Waals surface area contributed by atoms with Crippen LogP contribution in [0.15, 0.2) is 24.3 Å². The van der Waals surface area contributed by atoms with E-state index >= 15 is 0 Å². The summed E-state index contributed by atoms with van der Waals surface area (Å²) in [6, 6.07) is 9.65. The van der Waals surface area contributed by atoms with Gasteiger partial charge in [-0.1, -0.05) is 18.2 Å². The van der Waals surface area contributed by atoms with Crippen molar-refractivity contribution in [3.05, 3.63) is 29.8 Å². The number of aliphatic hydroxyl groups excluding tert-OH is 1. The van der Waals surface area contributed by atoms with E-state index in [1.807, 2.05) is 12.1 Å². The molecule has 0 amide bonds. The molecular weight excluding hydrogens is 328 g/mol. The maximum atomic E-state index is 9.07. The molecule has 26 heavy (non-hydrogen) atoms. The van der Waals surface area contributed by atoms with Crippen LogP contribution in [0, 0.1) is 5.92 Å². The molecule has 0 radical (unpaired) electrons. The van der Waals surface area contributed by atoms with Gasteiger partial charge in [0.25, 0.3) is 0 Å². The Morgan fingerprint density at radius 1 is 1.00 bits per heavy atom. The fourth-order valence-electron chi connectivity index (χ4n) is 4.91. The van der Waals surface area contributed by atoms with Gasteiger partial charge in [-0.15, -0.1) is 0 Å². The summed E-state index contributed by atoms with van der Waals surface area (Å²) in [5.74, 6) is 1.70. The van der Waals surface area contributed by atoms with Crippen molar-refractivity contribution in [3.8, 4) is 5.75 Å². The van der Waals surface area contributed by atoms with E-state index in [2.05, 4.69) is 21.9 Å². The summed E-state index contributed by atoms with van der Waals surface area (Å²) in [4.78, 5) is 5.44. The molecule has 144 valence electrons. The number of ether oxygens (including phenoxy) is 2. The smallest absolute Gasteiger partial charge is 0.123 e. The summed E-state index contributed by atoms with van der Waals surface area (Å²) < 4.78 is 11.3. The van der Waals surface area contributed by atoms with Gasteiger partial charge < -0.3 is 14.6 Å². The molecule has 4 fully saturated rings. The van der Waals surface area contributed by atoms with E-state index in [4.69, 9.17) is 14.6 Å². The van der Waals surface area contributed by atoms with Crippen LogP contribution < -0.4 is 4.74 Å². The number of aliphatic hydroxyl groups is 1. The topological polar surface area (TPSA) is 45.2 Å². The summed E-state index contributed by atoms with van der Waals surface area (Å²) in [5.41, 5.74) is 1.24. The highest BCUT2D eigenvalue weighted by molar-refractivity contribution is 5.33. The molecule has 1 N–H and O–H groups in total. The van der Waals surface area contributed by atoms with E-state index in [1.165, 1.54) is 50.9 Å². The number of rotatable bonds is 6. The fourth-order valence-corrected chi connectivity index (χ4v) is 4.91. The van der Waals surface area contributed by atoms with Crippen molar-refractivity contribution < 1.29 is 14.6 Å². The van der Waals surface area contributed by atoms with Crippen molar-refractivity contribution >= 4 is 0 Å². The zero-order valence-corrected chi connectivity index (χ0v) is 15.7. The number of fused-ring (bicyclic) bond motifs is 4. The molecule has 0 aromatic heterocycles. The van der Waals surface area contributed by atoms with Crippen LogP contribution in [0.25, 0.3) is 0 Å². The molecule has 4 aliphatic rings. The normalized spacial score (nSPS) is 28.2. The number of hydrogen-bond donors (Lipinski definition) is 1. The summed E-state index contributed by atoms with van der Waals surface area (Å²) in [6.45, 7) is 6.86. The lowest BCUT2D eigenvalue weighted by Crippen LogP contribution is -2.45. The second-order valence-corrected chi connectivity index (χ2v) is 8.00. The lowest BCUT2D eigenvalue weighted by molar-refractivity contribution is 0.0307. The van der Waals surface area contributed by atoms with Gasteiger partial charge >= 0.3 is 0 Å². The van der Waals surface area contributed by atoms with E-state index in [1.54, 1.807) is 0 Å². The van der Waals surface area contributed by atoms with Gasteiger partial charge in [0.2, 0.25) is 0 Å². The van der Waals surface area contributed by atoms with E-state index in [9.17, 15) is 0 Å². The zero-order chi connectivity index (χ0) is 17.8. The molecular formula is C21H32N2O3. The SMILES string of the molecule is OCCOc1ccccc1CN1C[C@H]2CC[C@@H]1CN(C1CCOCC1)C2. The van der Waals surface area contributed by atoms with Crippen LogP contribution in [-0.4, -0.2) is 73.1 Å². The van der Waals surface area contributed by atoms with Crippen LogP contribution in [0.1, 0.15) is 31.2 Å². The first-order valence-corrected chi connectivity index (χ1v) is 10.2. The minimum atomic E-state index is 0.0583. The molecule has 2 atom stereocenters. The molecule has 2 bridgehead atoms. The molecule has 0 unspecified atom stereocenters. The maximum Gasteiger partial charge on any atom is 0.123 e. The third kappa shape index (κ3) is 4.22. The quantitative estimate of drug-likeness (QED) is 0.842. The van der Waals surface area contributed by atoms with Crippen LogP contribution in [-0.2, 0) is 11.3 Å².